The van der Waals surface area contributed by atoms with Crippen molar-refractivity contribution < 1.29 is 19.3 Å². The third kappa shape index (κ3) is 5.27. The zero-order chi connectivity index (χ0) is 20.8. The number of nitrogens with two attached hydrogens (primary N) is 1. The molecule has 0 spiro atoms. The van der Waals surface area contributed by atoms with Gasteiger partial charge in [-0.1, -0.05) is 36.4 Å². The lowest BCUT2D eigenvalue weighted by Gasteiger charge is -2.11. The number of carbonyl (C=O) groups excluding carboxylic acids is 1. The van der Waals surface area contributed by atoms with Gasteiger partial charge in [-0.25, -0.2) is 4.57 Å². The van der Waals surface area contributed by atoms with Crippen LogP contribution in [0.5, 0.6) is 0 Å². The molecular formula is C23H24N3O3+. The highest BCUT2D eigenvalue weighted by atomic mass is 16.4. The van der Waals surface area contributed by atoms with Crippen molar-refractivity contribution in [3.63, 3.8) is 0 Å². The number of aryl methyl sites for hydroxylation is 1. The van der Waals surface area contributed by atoms with E-state index in [1.165, 1.54) is 5.39 Å². The van der Waals surface area contributed by atoms with Crippen molar-refractivity contribution in [2.45, 2.75) is 18.9 Å². The van der Waals surface area contributed by atoms with E-state index in [9.17, 15) is 9.59 Å². The first-order valence-corrected chi connectivity index (χ1v) is 9.38. The number of pyridine rings is 1. The highest BCUT2D eigenvalue weighted by Crippen LogP contribution is 2.18. The van der Waals surface area contributed by atoms with Gasteiger partial charge in [-0.05, 0) is 35.7 Å². The number of carboxylic acids is 1. The molecule has 1 aromatic heterocycles. The van der Waals surface area contributed by atoms with Crippen LogP contribution in [0.1, 0.15) is 24.0 Å². The summed E-state index contributed by atoms with van der Waals surface area (Å²) in [6.07, 6.45) is 6.09. The molecule has 1 heterocycles. The minimum Gasteiger partial charge on any atom is -0.481 e. The number of nitrogens with one attached hydrogen (secondary N) is 1. The van der Waals surface area contributed by atoms with Crippen LogP contribution in [0, 0.1) is 0 Å². The molecule has 1 amide bonds. The predicted molar refractivity (Wildman–Crippen MR) is 114 cm³/mol. The van der Waals surface area contributed by atoms with Crippen LogP contribution in [0.15, 0.2) is 60.8 Å². The number of nitrogens with zero attached hydrogens (tertiary/aromatic N) is 1. The van der Waals surface area contributed by atoms with E-state index in [1.54, 1.807) is 12.1 Å². The predicted octanol–water partition coefficient (Wildman–Crippen LogP) is 2.97. The van der Waals surface area contributed by atoms with Gasteiger partial charge in [-0.2, -0.15) is 0 Å². The fourth-order valence-electron chi connectivity index (χ4n) is 3.04. The summed E-state index contributed by atoms with van der Waals surface area (Å²) in [7, 11) is 2.02. The number of carbonyl (C=O) groups is 2. The van der Waals surface area contributed by atoms with Gasteiger partial charge in [-0.3, -0.25) is 9.59 Å². The highest BCUT2D eigenvalue weighted by Gasteiger charge is 2.15. The van der Waals surface area contributed by atoms with Crippen molar-refractivity contribution in [1.29, 1.82) is 0 Å². The Morgan fingerprint density at radius 3 is 2.55 bits per heavy atom. The largest absolute Gasteiger partial charge is 0.481 e. The number of para-hydroxylation sites is 1. The average molecular weight is 390 g/mol. The topological polar surface area (TPSA) is 96.3 Å². The number of benzene rings is 2. The Balaban J connectivity index is 1.67. The van der Waals surface area contributed by atoms with Crippen molar-refractivity contribution >= 4 is 40.6 Å². The summed E-state index contributed by atoms with van der Waals surface area (Å²) >= 11 is 0. The van der Waals surface area contributed by atoms with Crippen molar-refractivity contribution in [2.75, 3.05) is 5.32 Å². The van der Waals surface area contributed by atoms with Crippen molar-refractivity contribution in [2.24, 2.45) is 12.8 Å². The molecule has 29 heavy (non-hydrogen) atoms. The Labute approximate surface area is 169 Å². The molecule has 0 saturated carbocycles. The summed E-state index contributed by atoms with van der Waals surface area (Å²) in [6, 6.07) is 16.9. The number of aromatic nitrogens is 1. The number of aliphatic carboxylic acids is 1. The maximum Gasteiger partial charge on any atom is 0.303 e. The molecule has 0 aliphatic heterocycles. The summed E-state index contributed by atoms with van der Waals surface area (Å²) in [5.74, 6) is -1.36. The first-order valence-electron chi connectivity index (χ1n) is 9.38. The standard InChI is InChI=1S/C23H23N3O3/c1-26-15-14-17(19-4-2-3-5-21(19)26)9-6-16-7-10-18(11-8-16)25-23(29)20(24)12-13-22(27)28/h2-11,14-15,20H,12-13,24H2,1H3,(H,27,28)/p+1/t20-/m0/s1. The molecule has 0 unspecified atom stereocenters. The molecule has 0 bridgehead atoms. The molecule has 0 aliphatic rings. The minimum absolute atomic E-state index is 0.102. The lowest BCUT2D eigenvalue weighted by atomic mass is 10.1. The van der Waals surface area contributed by atoms with Crippen LogP contribution in [0.25, 0.3) is 23.1 Å². The van der Waals surface area contributed by atoms with Gasteiger partial charge < -0.3 is 16.2 Å². The molecule has 6 heteroatoms. The van der Waals surface area contributed by atoms with Gasteiger partial charge in [0.05, 0.1) is 11.4 Å². The van der Waals surface area contributed by atoms with E-state index in [2.05, 4.69) is 34.2 Å². The Bertz CT molecular complexity index is 1060. The summed E-state index contributed by atoms with van der Waals surface area (Å²) in [6.45, 7) is 0. The van der Waals surface area contributed by atoms with Crippen LogP contribution in [-0.2, 0) is 16.6 Å². The second-order valence-electron chi connectivity index (χ2n) is 6.88. The molecule has 1 atom stereocenters. The van der Waals surface area contributed by atoms with Gasteiger partial charge in [-0.15, -0.1) is 0 Å². The fourth-order valence-corrected chi connectivity index (χ4v) is 3.04. The second kappa shape index (κ2) is 9.12. The van der Waals surface area contributed by atoms with Crippen molar-refractivity contribution in [3.8, 4) is 0 Å². The van der Waals surface area contributed by atoms with Gasteiger partial charge in [0.1, 0.15) is 7.05 Å². The smallest absolute Gasteiger partial charge is 0.303 e. The van der Waals surface area contributed by atoms with Gasteiger partial charge in [0.25, 0.3) is 0 Å². The maximum atomic E-state index is 12.0. The molecule has 0 fully saturated rings. The number of fused-ring (bicyclic) bond motifs is 1. The number of hydrogen-bond donors (Lipinski definition) is 3. The van der Waals surface area contributed by atoms with E-state index >= 15 is 0 Å². The minimum atomic E-state index is -0.968. The van der Waals surface area contributed by atoms with E-state index in [0.29, 0.717) is 5.69 Å². The summed E-state index contributed by atoms with van der Waals surface area (Å²) < 4.78 is 2.09. The first kappa shape index (κ1) is 20.2. The lowest BCUT2D eigenvalue weighted by Crippen LogP contribution is -2.36. The third-order valence-electron chi connectivity index (χ3n) is 4.71. The molecule has 4 N–H and O–H groups in total. The molecule has 148 valence electrons. The second-order valence-corrected chi connectivity index (χ2v) is 6.88. The summed E-state index contributed by atoms with van der Waals surface area (Å²) in [4.78, 5) is 22.6. The van der Waals surface area contributed by atoms with E-state index in [0.717, 1.165) is 16.6 Å². The number of hydrogen-bond acceptors (Lipinski definition) is 3. The van der Waals surface area contributed by atoms with E-state index < -0.39 is 17.9 Å². The quantitative estimate of drug-likeness (QED) is 0.541. The van der Waals surface area contributed by atoms with Crippen LogP contribution >= 0.6 is 0 Å². The SMILES string of the molecule is C[n+]1ccc(C=Cc2ccc(NC(=O)[C@@H](N)CCC(=O)O)cc2)c2ccccc21. The van der Waals surface area contributed by atoms with Crippen molar-refractivity contribution in [1.82, 2.24) is 0 Å². The van der Waals surface area contributed by atoms with Crippen LogP contribution in [0.4, 0.5) is 5.69 Å². The molecule has 2 aromatic carbocycles. The molecule has 3 aromatic rings. The van der Waals surface area contributed by atoms with E-state index in [-0.39, 0.29) is 12.8 Å². The zero-order valence-electron chi connectivity index (χ0n) is 16.2. The van der Waals surface area contributed by atoms with Gasteiger partial charge in [0.15, 0.2) is 6.20 Å². The van der Waals surface area contributed by atoms with Crippen LogP contribution < -0.4 is 15.6 Å². The summed E-state index contributed by atoms with van der Waals surface area (Å²) in [5.41, 5.74) is 9.62. The highest BCUT2D eigenvalue weighted by molar-refractivity contribution is 5.95. The summed E-state index contributed by atoms with van der Waals surface area (Å²) in [5, 5.41) is 12.6. The zero-order valence-corrected chi connectivity index (χ0v) is 16.2. The molecule has 0 aliphatic carbocycles. The van der Waals surface area contributed by atoms with E-state index in [4.69, 9.17) is 10.8 Å². The van der Waals surface area contributed by atoms with Gasteiger partial charge >= 0.3 is 5.97 Å². The van der Waals surface area contributed by atoms with Crippen LogP contribution in [0.3, 0.4) is 0 Å². The van der Waals surface area contributed by atoms with Crippen LogP contribution in [-0.4, -0.2) is 23.0 Å². The normalized spacial score (nSPS) is 12.2. The average Bonchev–Trinajstić information content (AvgIpc) is 2.72. The Hall–Kier alpha value is -3.51. The number of carboxylic acid groups (broad SMARTS) is 1. The van der Waals surface area contributed by atoms with Gasteiger partial charge in [0, 0.05) is 24.2 Å². The molecule has 0 radical (unpaired) electrons. The third-order valence-corrected chi connectivity index (χ3v) is 4.71. The van der Waals surface area contributed by atoms with Gasteiger partial charge in [0.2, 0.25) is 11.4 Å². The number of amides is 1. The fraction of sp³-hybridized carbons (Fsp3) is 0.174. The molecule has 3 rings (SSSR count). The Kier molecular flexibility index (Phi) is 6.36. The van der Waals surface area contributed by atoms with Crippen molar-refractivity contribution in [3.05, 3.63) is 71.9 Å². The Morgan fingerprint density at radius 2 is 1.83 bits per heavy atom. The Morgan fingerprint density at radius 1 is 1.10 bits per heavy atom. The molecule has 6 nitrogen and oxygen atoms in total. The first-order chi connectivity index (χ1) is 13.9. The monoisotopic (exact) mass is 390 g/mol. The lowest BCUT2D eigenvalue weighted by molar-refractivity contribution is -0.644. The number of anilines is 1. The molecule has 0 saturated heterocycles. The van der Waals surface area contributed by atoms with Crippen LogP contribution in [0.2, 0.25) is 0 Å². The molecular weight excluding hydrogens is 366 g/mol. The van der Waals surface area contributed by atoms with E-state index in [1.807, 2.05) is 43.6 Å². The maximum absolute atomic E-state index is 12.0. The number of rotatable bonds is 7.